The number of benzene rings is 2. The van der Waals surface area contributed by atoms with Gasteiger partial charge in [0, 0.05) is 17.1 Å². The van der Waals surface area contributed by atoms with Crippen LogP contribution >= 0.6 is 15.9 Å². The van der Waals surface area contributed by atoms with Crippen molar-refractivity contribution in [2.24, 2.45) is 0 Å². The van der Waals surface area contributed by atoms with Gasteiger partial charge in [-0.25, -0.2) is 4.39 Å². The highest BCUT2D eigenvalue weighted by atomic mass is 79.9. The topological polar surface area (TPSA) is 72.2 Å². The molecule has 0 fully saturated rings. The second-order valence-corrected chi connectivity index (χ2v) is 4.73. The Morgan fingerprint density at radius 3 is 2.62 bits per heavy atom. The summed E-state index contributed by atoms with van der Waals surface area (Å²) in [6.07, 6.45) is 0. The Bertz CT molecular complexity index is 706. The van der Waals surface area contributed by atoms with Crippen molar-refractivity contribution in [1.29, 1.82) is 0 Å². The number of halogens is 2. The second kappa shape index (κ2) is 6.45. The van der Waals surface area contributed by atoms with Gasteiger partial charge in [-0.15, -0.1) is 0 Å². The maximum absolute atomic E-state index is 13.8. The van der Waals surface area contributed by atoms with Crippen LogP contribution < -0.4 is 5.32 Å². The number of hydrogen-bond acceptors (Lipinski definition) is 3. The van der Waals surface area contributed by atoms with Gasteiger partial charge in [-0.1, -0.05) is 34.1 Å². The number of hydrogen-bond donors (Lipinski definition) is 1. The van der Waals surface area contributed by atoms with Crippen molar-refractivity contribution in [1.82, 2.24) is 0 Å². The third-order valence-corrected chi connectivity index (χ3v) is 3.42. The number of amides is 1. The third kappa shape index (κ3) is 3.43. The zero-order valence-electron chi connectivity index (χ0n) is 10.7. The van der Waals surface area contributed by atoms with Crippen LogP contribution in [0.4, 0.5) is 15.8 Å². The van der Waals surface area contributed by atoms with Gasteiger partial charge in [0.05, 0.1) is 16.6 Å². The normalized spacial score (nSPS) is 10.2. The van der Waals surface area contributed by atoms with E-state index in [0.29, 0.717) is 11.0 Å². The van der Waals surface area contributed by atoms with E-state index in [4.69, 9.17) is 0 Å². The summed E-state index contributed by atoms with van der Waals surface area (Å²) in [6.45, 7) is 0. The van der Waals surface area contributed by atoms with E-state index in [-0.39, 0.29) is 5.56 Å². The Morgan fingerprint density at radius 2 is 2.00 bits per heavy atom. The summed E-state index contributed by atoms with van der Waals surface area (Å²) in [4.78, 5) is 21.9. The minimum absolute atomic E-state index is 0.245. The molecule has 0 aromatic heterocycles. The predicted molar refractivity (Wildman–Crippen MR) is 80.1 cm³/mol. The number of rotatable bonds is 4. The molecule has 7 heteroatoms. The van der Waals surface area contributed by atoms with Gasteiger partial charge in [0.1, 0.15) is 5.82 Å². The zero-order chi connectivity index (χ0) is 15.4. The number of anilines is 1. The summed E-state index contributed by atoms with van der Waals surface area (Å²) in [5.74, 6) is -1.59. The molecule has 0 heterocycles. The first-order chi connectivity index (χ1) is 10.0. The number of nitro groups is 1. The number of carbonyl (C=O) groups excluding carboxylic acids is 1. The molecule has 5 nitrogen and oxygen atoms in total. The Kier molecular flexibility index (Phi) is 4.64. The fraction of sp³-hybridized carbons (Fsp3) is 0.0714. The predicted octanol–water partition coefficient (Wildman–Crippen LogP) is 3.88. The molecule has 0 saturated carbocycles. The van der Waals surface area contributed by atoms with Crippen molar-refractivity contribution < 1.29 is 14.1 Å². The smallest absolute Gasteiger partial charge is 0.272 e. The minimum atomic E-state index is -0.932. The lowest BCUT2D eigenvalue weighted by atomic mass is 10.1. The summed E-state index contributed by atoms with van der Waals surface area (Å²) in [5.41, 5.74) is 0.750. The van der Waals surface area contributed by atoms with E-state index in [1.54, 1.807) is 12.1 Å². The molecule has 1 amide bonds. The highest BCUT2D eigenvalue weighted by molar-refractivity contribution is 9.08. The van der Waals surface area contributed by atoms with Crippen LogP contribution in [0.25, 0.3) is 0 Å². The lowest BCUT2D eigenvalue weighted by Crippen LogP contribution is -2.15. The summed E-state index contributed by atoms with van der Waals surface area (Å²) in [6, 6.07) is 9.99. The maximum Gasteiger partial charge on any atom is 0.272 e. The zero-order valence-corrected chi connectivity index (χ0v) is 12.3. The monoisotopic (exact) mass is 352 g/mol. The van der Waals surface area contributed by atoms with Gasteiger partial charge in [-0.3, -0.25) is 14.9 Å². The Hall–Kier alpha value is -2.28. The summed E-state index contributed by atoms with van der Waals surface area (Å²) in [5, 5.41) is 13.7. The number of nitrogens with one attached hydrogen (secondary N) is 1. The highest BCUT2D eigenvalue weighted by Gasteiger charge is 2.17. The first-order valence-corrected chi connectivity index (χ1v) is 7.04. The van der Waals surface area contributed by atoms with Crippen LogP contribution in [0.15, 0.2) is 42.5 Å². The molecule has 0 radical (unpaired) electrons. The molecule has 0 spiro atoms. The van der Waals surface area contributed by atoms with Crippen LogP contribution in [0.5, 0.6) is 0 Å². The summed E-state index contributed by atoms with van der Waals surface area (Å²) in [7, 11) is 0. The molecular weight excluding hydrogens is 343 g/mol. The van der Waals surface area contributed by atoms with Gasteiger partial charge in [-0.2, -0.15) is 0 Å². The molecule has 2 aromatic rings. The van der Waals surface area contributed by atoms with Gasteiger partial charge in [0.15, 0.2) is 0 Å². The van der Waals surface area contributed by atoms with E-state index in [2.05, 4.69) is 21.2 Å². The summed E-state index contributed by atoms with van der Waals surface area (Å²) >= 11 is 3.29. The van der Waals surface area contributed by atoms with E-state index in [9.17, 15) is 19.3 Å². The molecule has 0 unspecified atom stereocenters. The lowest BCUT2D eigenvalue weighted by molar-refractivity contribution is -0.385. The van der Waals surface area contributed by atoms with E-state index >= 15 is 0 Å². The van der Waals surface area contributed by atoms with Crippen LogP contribution in [0.3, 0.4) is 0 Å². The molecule has 108 valence electrons. The Labute approximate surface area is 128 Å². The highest BCUT2D eigenvalue weighted by Crippen LogP contribution is 2.21. The van der Waals surface area contributed by atoms with Crippen molar-refractivity contribution in [3.63, 3.8) is 0 Å². The van der Waals surface area contributed by atoms with Crippen LogP contribution in [-0.4, -0.2) is 10.8 Å². The standard InChI is InChI=1S/C14H10BrFN2O3/c15-8-9-3-1-2-4-13(9)17-14(19)11-6-5-10(18(20)21)7-12(11)16/h1-7H,8H2,(H,17,19). The lowest BCUT2D eigenvalue weighted by Gasteiger charge is -2.09. The molecule has 1 N–H and O–H groups in total. The largest absolute Gasteiger partial charge is 0.322 e. The number of nitrogens with zero attached hydrogens (tertiary/aromatic N) is 1. The van der Waals surface area contributed by atoms with Gasteiger partial charge in [0.25, 0.3) is 11.6 Å². The molecular formula is C14H10BrFN2O3. The molecule has 0 aliphatic carbocycles. The van der Waals surface area contributed by atoms with Crippen molar-refractivity contribution in [3.05, 3.63) is 69.5 Å². The van der Waals surface area contributed by atoms with Crippen molar-refractivity contribution in [3.8, 4) is 0 Å². The Morgan fingerprint density at radius 1 is 1.29 bits per heavy atom. The molecule has 0 aliphatic heterocycles. The van der Waals surface area contributed by atoms with E-state index in [0.717, 1.165) is 23.8 Å². The van der Waals surface area contributed by atoms with Crippen LogP contribution in [-0.2, 0) is 5.33 Å². The van der Waals surface area contributed by atoms with Crippen molar-refractivity contribution >= 4 is 33.2 Å². The van der Waals surface area contributed by atoms with E-state index < -0.39 is 22.3 Å². The number of para-hydroxylation sites is 1. The maximum atomic E-state index is 13.8. The average molecular weight is 353 g/mol. The molecule has 2 rings (SSSR count). The molecule has 0 aliphatic rings. The van der Waals surface area contributed by atoms with Gasteiger partial charge in [-0.05, 0) is 17.7 Å². The number of nitro benzene ring substituents is 1. The molecule has 0 saturated heterocycles. The van der Waals surface area contributed by atoms with E-state index in [1.165, 1.54) is 0 Å². The molecule has 21 heavy (non-hydrogen) atoms. The second-order valence-electron chi connectivity index (χ2n) is 4.17. The van der Waals surface area contributed by atoms with Crippen molar-refractivity contribution in [2.75, 3.05) is 5.32 Å². The van der Waals surface area contributed by atoms with Crippen LogP contribution in [0.1, 0.15) is 15.9 Å². The van der Waals surface area contributed by atoms with Crippen molar-refractivity contribution in [2.45, 2.75) is 5.33 Å². The van der Waals surface area contributed by atoms with Gasteiger partial charge in [0.2, 0.25) is 0 Å². The van der Waals surface area contributed by atoms with E-state index in [1.807, 2.05) is 12.1 Å². The molecule has 0 atom stereocenters. The quantitative estimate of drug-likeness (QED) is 0.515. The number of alkyl halides is 1. The number of carbonyl (C=O) groups is 1. The number of non-ortho nitro benzene ring substituents is 1. The first-order valence-electron chi connectivity index (χ1n) is 5.92. The van der Waals surface area contributed by atoms with Crippen LogP contribution in [0, 0.1) is 15.9 Å². The Balaban J connectivity index is 2.26. The fourth-order valence-electron chi connectivity index (χ4n) is 1.75. The third-order valence-electron chi connectivity index (χ3n) is 2.82. The first kappa shape index (κ1) is 15.1. The average Bonchev–Trinajstić information content (AvgIpc) is 2.47. The summed E-state index contributed by atoms with van der Waals surface area (Å²) < 4.78 is 13.8. The van der Waals surface area contributed by atoms with Gasteiger partial charge < -0.3 is 5.32 Å². The molecule has 2 aromatic carbocycles. The fourth-order valence-corrected chi connectivity index (χ4v) is 2.24. The minimum Gasteiger partial charge on any atom is -0.322 e. The van der Waals surface area contributed by atoms with Crippen LogP contribution in [0.2, 0.25) is 0 Å². The molecule has 0 bridgehead atoms. The SMILES string of the molecule is O=C(Nc1ccccc1CBr)c1ccc([N+](=O)[O-])cc1F. The van der Waals surface area contributed by atoms with Gasteiger partial charge >= 0.3 is 0 Å².